The first-order valence-electron chi connectivity index (χ1n) is 12.8. The topological polar surface area (TPSA) is 109 Å². The van der Waals surface area contributed by atoms with Crippen molar-refractivity contribution in [2.24, 2.45) is 5.92 Å². The zero-order valence-electron chi connectivity index (χ0n) is 21.1. The molecule has 202 valence electrons. The van der Waals surface area contributed by atoms with Crippen LogP contribution in [0.25, 0.3) is 11.5 Å². The average Bonchev–Trinajstić information content (AvgIpc) is 3.56. The minimum atomic E-state index is -0.643. The molecule has 1 atom stereocenters. The van der Waals surface area contributed by atoms with E-state index in [0.717, 1.165) is 23.0 Å². The number of hydrogen-bond donors (Lipinski definition) is 1. The molecule has 1 fully saturated rings. The van der Waals surface area contributed by atoms with E-state index in [1.165, 1.54) is 12.1 Å². The van der Waals surface area contributed by atoms with E-state index in [2.05, 4.69) is 15.5 Å². The second kappa shape index (κ2) is 10.5. The second-order valence-electron chi connectivity index (χ2n) is 9.61. The van der Waals surface area contributed by atoms with Crippen LogP contribution in [0.5, 0.6) is 0 Å². The first-order valence-corrected chi connectivity index (χ1v) is 13.2. The highest BCUT2D eigenvalue weighted by atomic mass is 35.5. The number of hydrogen-bond acceptors (Lipinski definition) is 7. The number of aromatic nitrogens is 2. The molecule has 3 aromatic carbocycles. The van der Waals surface area contributed by atoms with Gasteiger partial charge in [0.2, 0.25) is 17.7 Å². The van der Waals surface area contributed by atoms with E-state index in [9.17, 15) is 18.8 Å². The van der Waals surface area contributed by atoms with Crippen molar-refractivity contribution in [1.29, 1.82) is 0 Å². The summed E-state index contributed by atoms with van der Waals surface area (Å²) in [6, 6.07) is 18.1. The summed E-state index contributed by atoms with van der Waals surface area (Å²) in [6.07, 6.45) is 1.39. The normalized spacial score (nSPS) is 16.8. The molecule has 0 spiro atoms. The molecule has 0 saturated carbocycles. The van der Waals surface area contributed by atoms with Gasteiger partial charge in [0.05, 0.1) is 40.0 Å². The lowest BCUT2D eigenvalue weighted by Crippen LogP contribution is -2.43. The van der Waals surface area contributed by atoms with Crippen molar-refractivity contribution in [2.75, 3.05) is 22.9 Å². The second-order valence-corrected chi connectivity index (χ2v) is 10.0. The highest BCUT2D eigenvalue weighted by Crippen LogP contribution is 2.37. The Balaban J connectivity index is 1.16. The van der Waals surface area contributed by atoms with Gasteiger partial charge in [-0.1, -0.05) is 35.9 Å². The third-order valence-electron chi connectivity index (χ3n) is 7.09. The Morgan fingerprint density at radius 3 is 2.67 bits per heavy atom. The summed E-state index contributed by atoms with van der Waals surface area (Å²) in [4.78, 5) is 42.7. The minimum absolute atomic E-state index is 0.0953. The summed E-state index contributed by atoms with van der Waals surface area (Å²) in [5.41, 5.74) is 2.07. The molecule has 6 rings (SSSR count). The molecule has 4 aromatic rings. The van der Waals surface area contributed by atoms with Crippen LogP contribution in [0.2, 0.25) is 5.02 Å². The maximum atomic E-state index is 13.7. The number of piperidine rings is 1. The molecule has 0 bridgehead atoms. The highest BCUT2D eigenvalue weighted by molar-refractivity contribution is 6.37. The van der Waals surface area contributed by atoms with E-state index in [1.807, 2.05) is 35.2 Å². The lowest BCUT2D eigenvalue weighted by Gasteiger charge is -2.34. The summed E-state index contributed by atoms with van der Waals surface area (Å²) >= 11 is 5.91. The van der Waals surface area contributed by atoms with Crippen LogP contribution in [0.15, 0.2) is 71.1 Å². The Morgan fingerprint density at radius 2 is 1.88 bits per heavy atom. The smallest absolute Gasteiger partial charge is 0.268 e. The first-order chi connectivity index (χ1) is 19.4. The Hall–Kier alpha value is -4.57. The van der Waals surface area contributed by atoms with Gasteiger partial charge >= 0.3 is 0 Å². The zero-order valence-corrected chi connectivity index (χ0v) is 21.9. The lowest BCUT2D eigenvalue weighted by atomic mass is 9.95. The minimum Gasteiger partial charge on any atom is -0.419 e. The Bertz CT molecular complexity index is 1630. The lowest BCUT2D eigenvalue weighted by molar-refractivity contribution is -0.125. The maximum Gasteiger partial charge on any atom is 0.268 e. The zero-order chi connectivity index (χ0) is 27.8. The first kappa shape index (κ1) is 25.7. The Kier molecular flexibility index (Phi) is 6.77. The van der Waals surface area contributed by atoms with Gasteiger partial charge in [0.1, 0.15) is 5.82 Å². The van der Waals surface area contributed by atoms with Crippen LogP contribution in [0, 0.1) is 11.7 Å². The number of rotatable bonds is 6. The number of imide groups is 1. The molecule has 1 aromatic heterocycles. The summed E-state index contributed by atoms with van der Waals surface area (Å²) in [5, 5.41) is 10.8. The van der Waals surface area contributed by atoms with Crippen LogP contribution >= 0.6 is 11.6 Å². The molecule has 1 N–H and O–H groups in total. The molecule has 3 amide bonds. The SMILES string of the molecule is O=C(NCc1nnc(-c2ccccc2)o1)[C@H]1CCCN(c2cccc3c2C(=O)N(c2ccc(F)c(Cl)c2)C3=O)C1. The number of carbonyl (C=O) groups excluding carboxylic acids is 3. The van der Waals surface area contributed by atoms with Crippen LogP contribution in [0.3, 0.4) is 0 Å². The number of amides is 3. The average molecular weight is 560 g/mol. The number of carbonyl (C=O) groups is 3. The van der Waals surface area contributed by atoms with Gasteiger partial charge in [-0.15, -0.1) is 10.2 Å². The molecule has 1 saturated heterocycles. The molecule has 0 aliphatic carbocycles. The molecular formula is C29H23ClFN5O4. The van der Waals surface area contributed by atoms with Gasteiger partial charge in [-0.2, -0.15) is 0 Å². The third-order valence-corrected chi connectivity index (χ3v) is 7.38. The fourth-order valence-corrected chi connectivity index (χ4v) is 5.30. The molecule has 0 radical (unpaired) electrons. The monoisotopic (exact) mass is 559 g/mol. The number of fused-ring (bicyclic) bond motifs is 1. The van der Waals surface area contributed by atoms with Gasteiger partial charge < -0.3 is 14.6 Å². The third kappa shape index (κ3) is 4.71. The van der Waals surface area contributed by atoms with Crippen molar-refractivity contribution in [3.05, 3.63) is 94.6 Å². The maximum absolute atomic E-state index is 13.7. The molecule has 40 heavy (non-hydrogen) atoms. The van der Waals surface area contributed by atoms with E-state index < -0.39 is 17.6 Å². The number of nitrogens with zero attached hydrogens (tertiary/aromatic N) is 4. The fourth-order valence-electron chi connectivity index (χ4n) is 5.13. The van der Waals surface area contributed by atoms with Crippen molar-refractivity contribution >= 4 is 40.7 Å². The largest absolute Gasteiger partial charge is 0.419 e. The van der Waals surface area contributed by atoms with E-state index in [0.29, 0.717) is 37.0 Å². The van der Waals surface area contributed by atoms with Crippen LogP contribution in [0.4, 0.5) is 15.8 Å². The number of benzene rings is 3. The number of nitrogens with one attached hydrogen (secondary N) is 1. The van der Waals surface area contributed by atoms with Gasteiger partial charge in [-0.3, -0.25) is 14.4 Å². The van der Waals surface area contributed by atoms with Gasteiger partial charge in [0.25, 0.3) is 11.8 Å². The summed E-state index contributed by atoms with van der Waals surface area (Å²) < 4.78 is 19.4. The Labute approximate surface area is 233 Å². The molecule has 2 aliphatic heterocycles. The van der Waals surface area contributed by atoms with Crippen LogP contribution in [0.1, 0.15) is 39.4 Å². The Morgan fingerprint density at radius 1 is 1.05 bits per heavy atom. The van der Waals surface area contributed by atoms with Crippen molar-refractivity contribution in [3.63, 3.8) is 0 Å². The summed E-state index contributed by atoms with van der Waals surface area (Å²) in [7, 11) is 0. The molecule has 9 nitrogen and oxygen atoms in total. The van der Waals surface area contributed by atoms with Gasteiger partial charge in [-0.05, 0) is 55.3 Å². The molecule has 2 aliphatic rings. The molecule has 11 heteroatoms. The van der Waals surface area contributed by atoms with Gasteiger partial charge in [-0.25, -0.2) is 9.29 Å². The van der Waals surface area contributed by atoms with E-state index in [1.54, 1.807) is 18.2 Å². The van der Waals surface area contributed by atoms with Gasteiger partial charge in [0.15, 0.2) is 0 Å². The summed E-state index contributed by atoms with van der Waals surface area (Å²) in [5.74, 6) is -1.51. The standard InChI is InChI=1S/C29H23ClFN5O4/c30-21-14-19(11-12-22(21)31)36-28(38)20-9-4-10-23(25(20)29(36)39)35-13-5-8-18(16-35)26(37)32-15-24-33-34-27(40-24)17-6-2-1-3-7-17/h1-4,6-7,9-12,14,18H,5,8,13,15-16H2,(H,32,37)/t18-/m0/s1. The van der Waals surface area contributed by atoms with Crippen molar-refractivity contribution in [1.82, 2.24) is 15.5 Å². The van der Waals surface area contributed by atoms with E-state index >= 15 is 0 Å². The van der Waals surface area contributed by atoms with Crippen LogP contribution in [-0.2, 0) is 11.3 Å². The quantitative estimate of drug-likeness (QED) is 0.336. The number of halogens is 2. The number of anilines is 2. The fraction of sp³-hybridized carbons (Fsp3) is 0.207. The van der Waals surface area contributed by atoms with E-state index in [4.69, 9.17) is 16.0 Å². The predicted octanol–water partition coefficient (Wildman–Crippen LogP) is 4.86. The molecule has 3 heterocycles. The van der Waals surface area contributed by atoms with Crippen molar-refractivity contribution < 1.29 is 23.2 Å². The van der Waals surface area contributed by atoms with E-state index in [-0.39, 0.29) is 40.2 Å². The van der Waals surface area contributed by atoms with Crippen molar-refractivity contribution in [2.45, 2.75) is 19.4 Å². The summed E-state index contributed by atoms with van der Waals surface area (Å²) in [6.45, 7) is 1.08. The van der Waals surface area contributed by atoms with Crippen LogP contribution in [-0.4, -0.2) is 41.0 Å². The molecule has 0 unspecified atom stereocenters. The molecular weight excluding hydrogens is 537 g/mol. The predicted molar refractivity (Wildman–Crippen MR) is 146 cm³/mol. The highest BCUT2D eigenvalue weighted by Gasteiger charge is 2.40. The van der Waals surface area contributed by atoms with Crippen LogP contribution < -0.4 is 15.1 Å². The van der Waals surface area contributed by atoms with Crippen molar-refractivity contribution in [3.8, 4) is 11.5 Å². The van der Waals surface area contributed by atoms with Gasteiger partial charge in [0, 0.05) is 18.7 Å².